The Hall–Kier alpha value is -2.93. The van der Waals surface area contributed by atoms with Crippen molar-refractivity contribution in [2.24, 2.45) is 0 Å². The third kappa shape index (κ3) is 10.8. The Balaban J connectivity index is 2.38. The minimum absolute atomic E-state index is 0.208. The number of benzene rings is 1. The highest BCUT2D eigenvalue weighted by molar-refractivity contribution is 5.87. The topological polar surface area (TPSA) is 93.7 Å². The fourth-order valence-electron chi connectivity index (χ4n) is 2.40. The lowest BCUT2D eigenvalue weighted by atomic mass is 10.1. The van der Waals surface area contributed by atoms with Crippen LogP contribution in [0, 0.1) is 0 Å². The second-order valence-corrected chi connectivity index (χ2v) is 6.23. The van der Waals surface area contributed by atoms with Gasteiger partial charge < -0.3 is 20.1 Å². The standard InChI is InChI=1S/C22H30N2O5/c1-3-19(25)23-14-8-10-16-28-21(18-12-6-5-7-13-18)22(27)29-17-11-9-15-24-20(26)4-2/h3-7,12-13,21H,1-2,8-11,14-17H2,(H,23,25)(H,24,26). The summed E-state index contributed by atoms with van der Waals surface area (Å²) in [6.45, 7) is 8.42. The molecule has 1 unspecified atom stereocenters. The largest absolute Gasteiger partial charge is 0.464 e. The van der Waals surface area contributed by atoms with Crippen molar-refractivity contribution in [2.75, 3.05) is 26.3 Å². The van der Waals surface area contributed by atoms with Crippen LogP contribution in [-0.2, 0) is 23.9 Å². The van der Waals surface area contributed by atoms with Crippen LogP contribution in [0.15, 0.2) is 55.6 Å². The molecule has 0 aliphatic heterocycles. The van der Waals surface area contributed by atoms with E-state index >= 15 is 0 Å². The highest BCUT2D eigenvalue weighted by Crippen LogP contribution is 2.19. The molecule has 1 aromatic carbocycles. The number of unbranched alkanes of at least 4 members (excludes halogenated alkanes) is 2. The molecule has 0 heterocycles. The van der Waals surface area contributed by atoms with Crippen LogP contribution in [0.5, 0.6) is 0 Å². The van der Waals surface area contributed by atoms with Crippen LogP contribution in [-0.4, -0.2) is 44.1 Å². The van der Waals surface area contributed by atoms with E-state index in [4.69, 9.17) is 9.47 Å². The lowest BCUT2D eigenvalue weighted by Gasteiger charge is -2.17. The van der Waals surface area contributed by atoms with Crippen molar-refractivity contribution in [2.45, 2.75) is 31.8 Å². The van der Waals surface area contributed by atoms with Gasteiger partial charge in [0.05, 0.1) is 6.61 Å². The SMILES string of the molecule is C=CC(=O)NCCCCOC(=O)C(OCCCCNC(=O)C=C)c1ccccc1. The molecule has 0 aliphatic rings. The van der Waals surface area contributed by atoms with Crippen LogP contribution >= 0.6 is 0 Å². The Labute approximate surface area is 172 Å². The number of hydrogen-bond donors (Lipinski definition) is 2. The summed E-state index contributed by atoms with van der Waals surface area (Å²) >= 11 is 0. The number of carbonyl (C=O) groups excluding carboxylic acids is 3. The Morgan fingerprint density at radius 2 is 1.41 bits per heavy atom. The van der Waals surface area contributed by atoms with E-state index in [1.807, 2.05) is 30.3 Å². The molecular weight excluding hydrogens is 372 g/mol. The zero-order valence-electron chi connectivity index (χ0n) is 16.7. The minimum atomic E-state index is -0.792. The number of nitrogens with one attached hydrogen (secondary N) is 2. The van der Waals surface area contributed by atoms with E-state index < -0.39 is 12.1 Å². The second-order valence-electron chi connectivity index (χ2n) is 6.23. The molecule has 158 valence electrons. The van der Waals surface area contributed by atoms with Gasteiger partial charge in [-0.25, -0.2) is 4.79 Å². The summed E-state index contributed by atoms with van der Waals surface area (Å²) in [5.41, 5.74) is 0.732. The zero-order chi connectivity index (χ0) is 21.3. The maximum atomic E-state index is 12.5. The van der Waals surface area contributed by atoms with Crippen LogP contribution in [0.3, 0.4) is 0 Å². The molecule has 0 aromatic heterocycles. The van der Waals surface area contributed by atoms with E-state index in [9.17, 15) is 14.4 Å². The van der Waals surface area contributed by atoms with Gasteiger partial charge in [-0.1, -0.05) is 43.5 Å². The van der Waals surface area contributed by atoms with Crippen molar-refractivity contribution in [1.82, 2.24) is 10.6 Å². The second kappa shape index (κ2) is 15.0. The molecule has 29 heavy (non-hydrogen) atoms. The maximum Gasteiger partial charge on any atom is 0.339 e. The first-order valence-electron chi connectivity index (χ1n) is 9.72. The predicted octanol–water partition coefficient (Wildman–Crippen LogP) is 2.45. The third-order valence-electron chi connectivity index (χ3n) is 3.96. The molecule has 7 heteroatoms. The molecule has 2 N–H and O–H groups in total. The van der Waals surface area contributed by atoms with Gasteiger partial charge in [-0.3, -0.25) is 9.59 Å². The molecule has 7 nitrogen and oxygen atoms in total. The van der Waals surface area contributed by atoms with Gasteiger partial charge >= 0.3 is 5.97 Å². The highest BCUT2D eigenvalue weighted by Gasteiger charge is 2.22. The molecule has 1 rings (SSSR count). The van der Waals surface area contributed by atoms with E-state index in [-0.39, 0.29) is 18.4 Å². The van der Waals surface area contributed by atoms with Crippen molar-refractivity contribution < 1.29 is 23.9 Å². The summed E-state index contributed by atoms with van der Waals surface area (Å²) in [6.07, 6.45) is 4.40. The molecule has 1 aromatic rings. The Kier molecular flexibility index (Phi) is 12.5. The van der Waals surface area contributed by atoms with Gasteiger partial charge in [-0.2, -0.15) is 0 Å². The minimum Gasteiger partial charge on any atom is -0.464 e. The molecule has 0 spiro atoms. The lowest BCUT2D eigenvalue weighted by molar-refractivity contribution is -0.158. The van der Waals surface area contributed by atoms with Gasteiger partial charge in [0, 0.05) is 19.7 Å². The van der Waals surface area contributed by atoms with E-state index in [0.717, 1.165) is 12.0 Å². The fourth-order valence-corrected chi connectivity index (χ4v) is 2.40. The van der Waals surface area contributed by atoms with Crippen LogP contribution in [0.2, 0.25) is 0 Å². The van der Waals surface area contributed by atoms with Crippen molar-refractivity contribution >= 4 is 17.8 Å². The van der Waals surface area contributed by atoms with Gasteiger partial charge in [0.1, 0.15) is 0 Å². The van der Waals surface area contributed by atoms with E-state index in [1.165, 1.54) is 12.2 Å². The third-order valence-corrected chi connectivity index (χ3v) is 3.96. The first kappa shape index (κ1) is 24.1. The van der Waals surface area contributed by atoms with Gasteiger partial charge in [0.15, 0.2) is 6.10 Å². The number of rotatable bonds is 15. The highest BCUT2D eigenvalue weighted by atomic mass is 16.6. The first-order chi connectivity index (χ1) is 14.1. The average molecular weight is 402 g/mol. The Morgan fingerprint density at radius 3 is 1.97 bits per heavy atom. The molecule has 0 bridgehead atoms. The summed E-state index contributed by atoms with van der Waals surface area (Å²) in [4.78, 5) is 34.6. The van der Waals surface area contributed by atoms with E-state index in [2.05, 4.69) is 23.8 Å². The summed E-state index contributed by atoms with van der Waals surface area (Å²) in [6, 6.07) is 9.19. The summed E-state index contributed by atoms with van der Waals surface area (Å²) in [5.74, 6) is -0.865. The average Bonchev–Trinajstić information content (AvgIpc) is 2.75. The number of amides is 2. The lowest BCUT2D eigenvalue weighted by Crippen LogP contribution is -2.23. The summed E-state index contributed by atoms with van der Waals surface area (Å²) in [5, 5.41) is 5.36. The monoisotopic (exact) mass is 402 g/mol. The van der Waals surface area contributed by atoms with Crippen LogP contribution in [0.4, 0.5) is 0 Å². The summed E-state index contributed by atoms with van der Waals surface area (Å²) < 4.78 is 11.1. The van der Waals surface area contributed by atoms with Crippen molar-refractivity contribution in [3.8, 4) is 0 Å². The van der Waals surface area contributed by atoms with Crippen molar-refractivity contribution in [1.29, 1.82) is 0 Å². The van der Waals surface area contributed by atoms with E-state index in [0.29, 0.717) is 39.0 Å². The molecule has 0 fully saturated rings. The number of ether oxygens (including phenoxy) is 2. The normalized spacial score (nSPS) is 11.2. The molecule has 0 radical (unpaired) electrons. The predicted molar refractivity (Wildman–Crippen MR) is 111 cm³/mol. The number of esters is 1. The first-order valence-corrected chi connectivity index (χ1v) is 9.72. The number of carbonyl (C=O) groups is 3. The quantitative estimate of drug-likeness (QED) is 0.267. The molecular formula is C22H30N2O5. The molecule has 0 saturated heterocycles. The number of hydrogen-bond acceptors (Lipinski definition) is 5. The van der Waals surface area contributed by atoms with Gasteiger partial charge in [-0.15, -0.1) is 0 Å². The molecule has 0 aliphatic carbocycles. The molecule has 1 atom stereocenters. The van der Waals surface area contributed by atoms with Crippen molar-refractivity contribution in [3.05, 3.63) is 61.2 Å². The maximum absolute atomic E-state index is 12.5. The molecule has 2 amide bonds. The zero-order valence-corrected chi connectivity index (χ0v) is 16.7. The Morgan fingerprint density at radius 1 is 0.862 bits per heavy atom. The van der Waals surface area contributed by atoms with Gasteiger partial charge in [-0.05, 0) is 43.4 Å². The van der Waals surface area contributed by atoms with Crippen molar-refractivity contribution in [3.63, 3.8) is 0 Å². The van der Waals surface area contributed by atoms with Crippen LogP contribution < -0.4 is 10.6 Å². The Bertz CT molecular complexity index is 660. The fraction of sp³-hybridized carbons (Fsp3) is 0.409. The van der Waals surface area contributed by atoms with Crippen LogP contribution in [0.25, 0.3) is 0 Å². The van der Waals surface area contributed by atoms with Gasteiger partial charge in [0.25, 0.3) is 0 Å². The van der Waals surface area contributed by atoms with Gasteiger partial charge in [0.2, 0.25) is 11.8 Å². The molecule has 0 saturated carbocycles. The summed E-state index contributed by atoms with van der Waals surface area (Å²) in [7, 11) is 0. The smallest absolute Gasteiger partial charge is 0.339 e. The van der Waals surface area contributed by atoms with Crippen LogP contribution in [0.1, 0.15) is 37.4 Å². The van der Waals surface area contributed by atoms with E-state index in [1.54, 1.807) is 0 Å².